The molecule has 0 unspecified atom stereocenters. The lowest BCUT2D eigenvalue weighted by Crippen LogP contribution is -2.47. The molecule has 0 aliphatic heterocycles. The maximum Gasteiger partial charge on any atom is 0.212 e. The van der Waals surface area contributed by atoms with E-state index < -0.39 is 32.3 Å². The Hall–Kier alpha value is -5.65. The molecule has 8 aromatic rings. The van der Waals surface area contributed by atoms with E-state index in [2.05, 4.69) is 330 Å². The monoisotopic (exact) mass is 1470 g/mol. The van der Waals surface area contributed by atoms with Gasteiger partial charge >= 0.3 is 0 Å². The van der Waals surface area contributed by atoms with E-state index in [1.807, 2.05) is 0 Å². The standard InChI is InChI=1S/2C25H38NSi.C24H36NSi.C22H32NSi/c1-18-15-20(25(2,3)4)13-14-21(18)23-16-22(19-11-9-10-12-19)24(17-26(23)5)27(6,7)8;1-18(2)14-20-12-13-22(19(3)15-20)24-16-23(21-10-8-9-11-21)25(17-26(24)4)27(5,6)7;1-17(2)20-12-13-21(18(3)14-20)23-15-22(19-10-8-9-11-19)24(16-25(23)4)26(5,6)7;1-16-11-12-19(17(2)13-16)21-14-20(18-9-7-8-10-18)22(15-23(21)3)24(4,5)6/h13-17,19H,9-12H2,1-8H3;12-13,15-18,21H,8-11,14H2,1-7H3;12-17,19H,8-11H2,1-7H3;11-15,18H,7-10H2,1-6H3/q4*+1. The summed E-state index contributed by atoms with van der Waals surface area (Å²) in [5.41, 5.74) is 29.1. The number of rotatable bonds is 15. The van der Waals surface area contributed by atoms with Crippen LogP contribution in [0.25, 0.3) is 45.0 Å². The van der Waals surface area contributed by atoms with Crippen LogP contribution in [-0.4, -0.2) is 32.3 Å². The molecule has 4 saturated carbocycles. The maximum absolute atomic E-state index is 2.55. The molecule has 4 nitrogen and oxygen atoms in total. The predicted molar refractivity (Wildman–Crippen MR) is 464 cm³/mol. The molecule has 4 fully saturated rings. The van der Waals surface area contributed by atoms with E-state index in [1.54, 1.807) is 43.0 Å². The first-order chi connectivity index (χ1) is 48.6. The summed E-state index contributed by atoms with van der Waals surface area (Å²) in [6, 6.07) is 38.2. The highest BCUT2D eigenvalue weighted by Gasteiger charge is 2.36. The van der Waals surface area contributed by atoms with E-state index in [0.29, 0.717) is 11.8 Å². The van der Waals surface area contributed by atoms with Crippen molar-refractivity contribution in [3.8, 4) is 45.0 Å². The second-order valence-corrected chi connectivity index (χ2v) is 59.2. The third kappa shape index (κ3) is 20.2. The number of pyridine rings is 4. The minimum Gasteiger partial charge on any atom is -0.201 e. The Kier molecular flexibility index (Phi) is 26.8. The number of hydrogen-bond donors (Lipinski definition) is 0. The SMILES string of the molecule is Cc1cc(C(C)(C)C)ccc1-c1cc(C2CCCC2)c([Si](C)(C)C)c[n+]1C.Cc1cc(C(C)C)ccc1-c1cc(C2CCCC2)c([Si](C)(C)C)c[n+]1C.Cc1cc(CC(C)C)ccc1-c1cc(C2CCCC2)c([Si](C)(C)C)c[n+]1C.Cc1ccc(-c2cc(C3CCCC3)c([Si](C)(C)C)c[n+]2C)c(C)c1. The number of nitrogens with zero attached hydrogens (tertiary/aromatic N) is 4. The summed E-state index contributed by atoms with van der Waals surface area (Å²) < 4.78 is 9.51. The van der Waals surface area contributed by atoms with Gasteiger partial charge in [-0.25, -0.2) is 18.3 Å². The van der Waals surface area contributed by atoms with Gasteiger partial charge in [0.15, 0.2) is 24.8 Å². The molecule has 104 heavy (non-hydrogen) atoms. The van der Waals surface area contributed by atoms with E-state index >= 15 is 0 Å². The van der Waals surface area contributed by atoms with E-state index in [1.165, 1.54) is 192 Å². The number of aryl methyl sites for hydroxylation is 9. The van der Waals surface area contributed by atoms with E-state index in [-0.39, 0.29) is 5.41 Å². The van der Waals surface area contributed by atoms with Crippen molar-refractivity contribution >= 4 is 53.0 Å². The van der Waals surface area contributed by atoms with Crippen molar-refractivity contribution < 1.29 is 18.3 Å². The van der Waals surface area contributed by atoms with Gasteiger partial charge in [-0.3, -0.25) is 0 Å². The minimum atomic E-state index is -1.37. The number of hydrogen-bond acceptors (Lipinski definition) is 0. The molecule has 0 bridgehead atoms. The fourth-order valence-electron chi connectivity index (χ4n) is 18.0. The summed E-state index contributed by atoms with van der Waals surface area (Å²) in [6.07, 6.45) is 33.2. The van der Waals surface area contributed by atoms with Gasteiger partial charge in [0.25, 0.3) is 0 Å². The van der Waals surface area contributed by atoms with Gasteiger partial charge in [0.1, 0.15) is 28.2 Å². The quantitative estimate of drug-likeness (QED) is 0.0718. The highest BCUT2D eigenvalue weighted by Crippen LogP contribution is 2.41. The third-order valence-corrected chi connectivity index (χ3v) is 32.2. The first kappa shape index (κ1) is 82.4. The lowest BCUT2D eigenvalue weighted by molar-refractivity contribution is -0.659. The second kappa shape index (κ2) is 33.9. The molecule has 0 radical (unpaired) electrons. The molecular formula is C96H144N4Si4+4. The van der Waals surface area contributed by atoms with Crippen LogP contribution in [0.2, 0.25) is 78.6 Å². The van der Waals surface area contributed by atoms with Gasteiger partial charge in [0, 0.05) is 67.3 Å². The van der Waals surface area contributed by atoms with Gasteiger partial charge in [-0.2, -0.15) is 0 Å². The van der Waals surface area contributed by atoms with Crippen LogP contribution in [0.4, 0.5) is 0 Å². The van der Waals surface area contributed by atoms with Crippen LogP contribution in [0.5, 0.6) is 0 Å². The normalized spacial score (nSPS) is 15.9. The van der Waals surface area contributed by atoms with Crippen LogP contribution in [0.15, 0.2) is 122 Å². The fraction of sp³-hybridized carbons (Fsp3) is 0.542. The van der Waals surface area contributed by atoms with Gasteiger partial charge in [0.05, 0.1) is 32.3 Å². The average molecular weight is 1470 g/mol. The van der Waals surface area contributed by atoms with E-state index in [0.717, 1.165) is 30.1 Å². The van der Waals surface area contributed by atoms with Gasteiger partial charge in [-0.1, -0.05) is 232 Å². The van der Waals surface area contributed by atoms with Crippen LogP contribution in [0.3, 0.4) is 0 Å². The molecule has 4 aliphatic carbocycles. The van der Waals surface area contributed by atoms with Gasteiger partial charge < -0.3 is 0 Å². The van der Waals surface area contributed by atoms with Crippen LogP contribution in [-0.2, 0) is 40.0 Å². The number of aromatic nitrogens is 4. The van der Waals surface area contributed by atoms with Crippen molar-refractivity contribution in [3.05, 3.63) is 189 Å². The zero-order valence-corrected chi connectivity index (χ0v) is 75.3. The van der Waals surface area contributed by atoms with Crippen LogP contribution in [0.1, 0.15) is 248 Å². The molecule has 0 amide bonds. The lowest BCUT2D eigenvalue weighted by Gasteiger charge is -2.24. The molecule has 12 rings (SSSR count). The van der Waals surface area contributed by atoms with Gasteiger partial charge in [0.2, 0.25) is 22.8 Å². The molecular weight excluding hydrogens is 1320 g/mol. The molecule has 4 heterocycles. The van der Waals surface area contributed by atoms with Gasteiger partial charge in [-0.05, 0) is 219 Å². The Morgan fingerprint density at radius 3 is 0.885 bits per heavy atom. The molecule has 560 valence electrons. The molecule has 0 spiro atoms. The van der Waals surface area contributed by atoms with Crippen molar-refractivity contribution in [1.29, 1.82) is 0 Å². The van der Waals surface area contributed by atoms with E-state index in [9.17, 15) is 0 Å². The second-order valence-electron chi connectivity index (χ2n) is 39.1. The van der Waals surface area contributed by atoms with Crippen LogP contribution >= 0.6 is 0 Å². The first-order valence-corrected chi connectivity index (χ1v) is 55.2. The largest absolute Gasteiger partial charge is 0.212 e. The summed E-state index contributed by atoms with van der Waals surface area (Å²) in [5.74, 6) is 4.37. The lowest BCUT2D eigenvalue weighted by atomic mass is 9.85. The Balaban J connectivity index is 0.000000161. The average Bonchev–Trinajstić information content (AvgIpc) is 1.14. The predicted octanol–water partition coefficient (Wildman–Crippen LogP) is 22.7. The third-order valence-electron chi connectivity index (χ3n) is 24.1. The molecule has 0 N–H and O–H groups in total. The van der Waals surface area contributed by atoms with Crippen LogP contribution in [0, 0.1) is 40.5 Å². The molecule has 0 atom stereocenters. The Labute approximate surface area is 640 Å². The highest BCUT2D eigenvalue weighted by molar-refractivity contribution is 6.90. The zero-order chi connectivity index (χ0) is 76.3. The maximum atomic E-state index is 2.55. The number of benzene rings is 4. The topological polar surface area (TPSA) is 15.5 Å². The molecule has 0 saturated heterocycles. The molecule has 4 aliphatic rings. The van der Waals surface area contributed by atoms with Crippen molar-refractivity contribution in [2.75, 3.05) is 0 Å². The zero-order valence-electron chi connectivity index (χ0n) is 71.3. The molecule has 4 aromatic heterocycles. The smallest absolute Gasteiger partial charge is 0.201 e. The summed E-state index contributed by atoms with van der Waals surface area (Å²) in [5, 5.41) is 6.64. The molecule has 8 heteroatoms. The molecule has 4 aromatic carbocycles. The summed E-state index contributed by atoms with van der Waals surface area (Å²) in [6.45, 7) is 57.1. The highest BCUT2D eigenvalue weighted by atomic mass is 28.3. The van der Waals surface area contributed by atoms with Crippen molar-refractivity contribution in [1.82, 2.24) is 0 Å². The summed E-state index contributed by atoms with van der Waals surface area (Å²) in [7, 11) is 3.48. The summed E-state index contributed by atoms with van der Waals surface area (Å²) in [4.78, 5) is 0. The van der Waals surface area contributed by atoms with Gasteiger partial charge in [-0.15, -0.1) is 0 Å². The minimum absolute atomic E-state index is 0.197. The van der Waals surface area contributed by atoms with Crippen molar-refractivity contribution in [2.45, 2.75) is 306 Å². The Bertz CT molecular complexity index is 4280. The van der Waals surface area contributed by atoms with Crippen molar-refractivity contribution in [2.24, 2.45) is 34.1 Å². The van der Waals surface area contributed by atoms with E-state index in [4.69, 9.17) is 0 Å². The Morgan fingerprint density at radius 1 is 0.346 bits per heavy atom. The first-order valence-electron chi connectivity index (χ1n) is 41.2. The van der Waals surface area contributed by atoms with Crippen molar-refractivity contribution in [3.63, 3.8) is 0 Å². The Morgan fingerprint density at radius 2 is 0.625 bits per heavy atom. The summed E-state index contributed by atoms with van der Waals surface area (Å²) >= 11 is 0. The van der Waals surface area contributed by atoms with Crippen LogP contribution < -0.4 is 39.0 Å². The fourth-order valence-corrected chi connectivity index (χ4v) is 24.9.